The Kier molecular flexibility index (Phi) is 6.37. The Balaban J connectivity index is 1.02. The zero-order chi connectivity index (χ0) is 36.4. The van der Waals surface area contributed by atoms with Crippen molar-refractivity contribution in [1.29, 1.82) is 5.26 Å². The van der Waals surface area contributed by atoms with Gasteiger partial charge in [-0.1, -0.05) is 66.7 Å². The molecule has 5 heteroatoms. The van der Waals surface area contributed by atoms with Crippen molar-refractivity contribution >= 4 is 107 Å². The molecule has 256 valence electrons. The number of fused-ring (bicyclic) bond motifs is 12. The summed E-state index contributed by atoms with van der Waals surface area (Å²) in [6, 6.07) is 60.1. The smallest absolute Gasteiger partial charge is 0.0992 e. The zero-order valence-corrected chi connectivity index (χ0v) is 31.3. The van der Waals surface area contributed by atoms with Crippen molar-refractivity contribution in [3.05, 3.63) is 169 Å². The lowest BCUT2D eigenvalue weighted by molar-refractivity contribution is 1.18. The van der Waals surface area contributed by atoms with E-state index in [0.29, 0.717) is 5.56 Å². The summed E-state index contributed by atoms with van der Waals surface area (Å²) in [5.41, 5.74) is 11.2. The number of aryl methyl sites for hydroxylation is 1. The van der Waals surface area contributed by atoms with E-state index in [9.17, 15) is 5.26 Å². The molecule has 8 aromatic carbocycles. The quantitative estimate of drug-likeness (QED) is 0.178. The van der Waals surface area contributed by atoms with Crippen LogP contribution in [0.5, 0.6) is 0 Å². The number of rotatable bonds is 3. The van der Waals surface area contributed by atoms with E-state index >= 15 is 0 Å². The van der Waals surface area contributed by atoms with Gasteiger partial charge in [0.2, 0.25) is 0 Å². The molecule has 0 aliphatic rings. The Hall–Kier alpha value is -6.71. The van der Waals surface area contributed by atoms with E-state index < -0.39 is 0 Å². The zero-order valence-electron chi connectivity index (χ0n) is 29.7. The standard InChI is InChI=1S/C50H29N3S2/c1-29-10-16-37-38-17-11-30(28-51)23-46(38)53(45(37)22-29)34-15-21-50-42(27-34)40-25-32(13-19-48(40)55-50)31-12-18-47-39(24-31)41-26-33(14-20-49(41)54-47)52-43-8-4-2-6-35(43)36-7-3-5-9-44(36)52/h2-27H,1H3. The van der Waals surface area contributed by atoms with Crippen LogP contribution < -0.4 is 0 Å². The van der Waals surface area contributed by atoms with Gasteiger partial charge in [-0.15, -0.1) is 22.7 Å². The molecular formula is C50H29N3S2. The van der Waals surface area contributed by atoms with Gasteiger partial charge >= 0.3 is 0 Å². The van der Waals surface area contributed by atoms with E-state index in [4.69, 9.17) is 0 Å². The highest BCUT2D eigenvalue weighted by Crippen LogP contribution is 2.42. The Bertz CT molecular complexity index is 3590. The molecule has 0 aliphatic carbocycles. The number of hydrogen-bond acceptors (Lipinski definition) is 3. The Labute approximate surface area is 323 Å². The van der Waals surface area contributed by atoms with Crippen molar-refractivity contribution in [2.45, 2.75) is 6.92 Å². The SMILES string of the molecule is Cc1ccc2c3ccc(C#N)cc3n(-c3ccc4sc5ccc(-c6ccc7sc8ccc(-n9c%10ccccc%10c%10ccccc%109)cc8c7c6)cc5c4c3)c2c1. The maximum atomic E-state index is 9.79. The molecule has 12 rings (SSSR count). The summed E-state index contributed by atoms with van der Waals surface area (Å²) in [5, 5.41) is 19.8. The monoisotopic (exact) mass is 735 g/mol. The van der Waals surface area contributed by atoms with Gasteiger partial charge in [-0.25, -0.2) is 0 Å². The van der Waals surface area contributed by atoms with Crippen molar-refractivity contribution in [3.63, 3.8) is 0 Å². The number of hydrogen-bond donors (Lipinski definition) is 0. The van der Waals surface area contributed by atoms with E-state index in [-0.39, 0.29) is 0 Å². The van der Waals surface area contributed by atoms with Gasteiger partial charge in [0.25, 0.3) is 0 Å². The molecule has 0 fully saturated rings. The van der Waals surface area contributed by atoms with Gasteiger partial charge < -0.3 is 9.13 Å². The van der Waals surface area contributed by atoms with Crippen molar-refractivity contribution in [3.8, 4) is 28.6 Å². The van der Waals surface area contributed by atoms with Crippen molar-refractivity contribution in [1.82, 2.24) is 9.13 Å². The molecule has 0 unspecified atom stereocenters. The summed E-state index contributed by atoms with van der Waals surface area (Å²) in [6.45, 7) is 2.14. The molecule has 0 N–H and O–H groups in total. The van der Waals surface area contributed by atoms with Crippen molar-refractivity contribution in [2.75, 3.05) is 0 Å². The van der Waals surface area contributed by atoms with Gasteiger partial charge in [-0.2, -0.15) is 5.26 Å². The number of para-hydroxylation sites is 2. The molecule has 0 amide bonds. The number of nitrogens with zero attached hydrogens (tertiary/aromatic N) is 3. The van der Waals surface area contributed by atoms with Gasteiger partial charge in [0.1, 0.15) is 0 Å². The molecule has 12 aromatic rings. The van der Waals surface area contributed by atoms with E-state index in [1.165, 1.54) is 89.9 Å². The minimum absolute atomic E-state index is 0.665. The molecule has 0 saturated carbocycles. The van der Waals surface area contributed by atoms with Crippen LogP contribution in [0.1, 0.15) is 11.1 Å². The second kappa shape index (κ2) is 11.4. The second-order valence-electron chi connectivity index (χ2n) is 14.6. The molecule has 0 radical (unpaired) electrons. The predicted molar refractivity (Wildman–Crippen MR) is 236 cm³/mol. The average molecular weight is 736 g/mol. The van der Waals surface area contributed by atoms with Crippen LogP contribution in [0, 0.1) is 18.3 Å². The molecule has 0 saturated heterocycles. The van der Waals surface area contributed by atoms with E-state index in [1.807, 2.05) is 34.8 Å². The molecule has 0 aliphatic heterocycles. The maximum Gasteiger partial charge on any atom is 0.0992 e. The van der Waals surface area contributed by atoms with E-state index in [1.54, 1.807) is 0 Å². The summed E-state index contributed by atoms with van der Waals surface area (Å²) in [7, 11) is 0. The second-order valence-corrected chi connectivity index (χ2v) is 16.7. The van der Waals surface area contributed by atoms with Gasteiger partial charge in [0.05, 0.1) is 33.7 Å². The Morgan fingerprint density at radius 1 is 0.400 bits per heavy atom. The van der Waals surface area contributed by atoms with Gasteiger partial charge in [-0.3, -0.25) is 0 Å². The van der Waals surface area contributed by atoms with Crippen LogP contribution in [0.15, 0.2) is 158 Å². The maximum absolute atomic E-state index is 9.79. The molecule has 0 bridgehead atoms. The van der Waals surface area contributed by atoms with Crippen LogP contribution in [0.2, 0.25) is 0 Å². The van der Waals surface area contributed by atoms with Crippen molar-refractivity contribution < 1.29 is 0 Å². The number of aromatic nitrogens is 2. The van der Waals surface area contributed by atoms with Gasteiger partial charge in [0, 0.05) is 73.3 Å². The first-order valence-electron chi connectivity index (χ1n) is 18.5. The fraction of sp³-hybridized carbons (Fsp3) is 0.0200. The predicted octanol–water partition coefficient (Wildman–Crippen LogP) is 14.5. The minimum Gasteiger partial charge on any atom is -0.309 e. The molecular weight excluding hydrogens is 707 g/mol. The van der Waals surface area contributed by atoms with E-state index in [0.717, 1.165) is 22.1 Å². The number of benzene rings is 8. The first kappa shape index (κ1) is 30.7. The summed E-state index contributed by atoms with van der Waals surface area (Å²) < 4.78 is 9.87. The van der Waals surface area contributed by atoms with Gasteiger partial charge in [-0.05, 0) is 115 Å². The summed E-state index contributed by atoms with van der Waals surface area (Å²) in [5.74, 6) is 0. The highest BCUT2D eigenvalue weighted by molar-refractivity contribution is 7.26. The van der Waals surface area contributed by atoms with Gasteiger partial charge in [0.15, 0.2) is 0 Å². The van der Waals surface area contributed by atoms with Crippen LogP contribution in [-0.4, -0.2) is 9.13 Å². The number of nitriles is 1. The van der Waals surface area contributed by atoms with Crippen molar-refractivity contribution in [2.24, 2.45) is 0 Å². The molecule has 55 heavy (non-hydrogen) atoms. The minimum atomic E-state index is 0.665. The van der Waals surface area contributed by atoms with Crippen LogP contribution >= 0.6 is 22.7 Å². The Morgan fingerprint density at radius 3 is 1.42 bits per heavy atom. The van der Waals surface area contributed by atoms with Crippen LogP contribution in [-0.2, 0) is 0 Å². The van der Waals surface area contributed by atoms with E-state index in [2.05, 4.69) is 168 Å². The normalized spacial score (nSPS) is 12.1. The summed E-state index contributed by atoms with van der Waals surface area (Å²) in [6.07, 6.45) is 0. The summed E-state index contributed by atoms with van der Waals surface area (Å²) >= 11 is 3.70. The fourth-order valence-corrected chi connectivity index (χ4v) is 11.0. The summed E-state index contributed by atoms with van der Waals surface area (Å²) in [4.78, 5) is 0. The third-order valence-electron chi connectivity index (χ3n) is 11.4. The average Bonchev–Trinajstić information content (AvgIpc) is 3.97. The molecule has 4 heterocycles. The molecule has 0 spiro atoms. The topological polar surface area (TPSA) is 33.6 Å². The Morgan fingerprint density at radius 2 is 0.855 bits per heavy atom. The highest BCUT2D eigenvalue weighted by atomic mass is 32.1. The molecule has 4 aromatic heterocycles. The lowest BCUT2D eigenvalue weighted by atomic mass is 10.0. The third-order valence-corrected chi connectivity index (χ3v) is 13.7. The largest absolute Gasteiger partial charge is 0.309 e. The van der Waals surface area contributed by atoms with Crippen LogP contribution in [0.25, 0.3) is 106 Å². The number of thiophene rings is 2. The first-order chi connectivity index (χ1) is 27.1. The van der Waals surface area contributed by atoms with Crippen LogP contribution in [0.3, 0.4) is 0 Å². The highest BCUT2D eigenvalue weighted by Gasteiger charge is 2.17. The molecule has 0 atom stereocenters. The molecule has 3 nitrogen and oxygen atoms in total. The fourth-order valence-electron chi connectivity index (χ4n) is 8.85. The first-order valence-corrected chi connectivity index (χ1v) is 20.1. The lowest BCUT2D eigenvalue weighted by Gasteiger charge is -2.09. The lowest BCUT2D eigenvalue weighted by Crippen LogP contribution is -1.94. The van der Waals surface area contributed by atoms with Crippen LogP contribution in [0.4, 0.5) is 0 Å². The third kappa shape index (κ3) is 4.47.